The van der Waals surface area contributed by atoms with E-state index in [1.54, 1.807) is 19.2 Å². The highest BCUT2D eigenvalue weighted by molar-refractivity contribution is 6.30. The molecule has 5 nitrogen and oxygen atoms in total. The highest BCUT2D eigenvalue weighted by Crippen LogP contribution is 2.22. The number of nitrogens with two attached hydrogens (primary N) is 1. The van der Waals surface area contributed by atoms with Crippen molar-refractivity contribution in [2.45, 2.75) is 0 Å². The maximum Gasteiger partial charge on any atom is 0.223 e. The van der Waals surface area contributed by atoms with E-state index in [9.17, 15) is 4.39 Å². The van der Waals surface area contributed by atoms with E-state index in [-0.39, 0.29) is 11.0 Å². The van der Waals surface area contributed by atoms with Crippen LogP contribution in [0.2, 0.25) is 5.02 Å². The molecule has 0 aliphatic rings. The van der Waals surface area contributed by atoms with Crippen molar-refractivity contribution in [3.63, 3.8) is 0 Å². The number of nitrogens with zero attached hydrogens (tertiary/aromatic N) is 2. The van der Waals surface area contributed by atoms with Gasteiger partial charge in [-0.25, -0.2) is 4.39 Å². The van der Waals surface area contributed by atoms with Crippen molar-refractivity contribution in [3.8, 4) is 0 Å². The van der Waals surface area contributed by atoms with Gasteiger partial charge in [0.15, 0.2) is 0 Å². The molecule has 0 unspecified atom stereocenters. The van der Waals surface area contributed by atoms with Crippen LogP contribution in [0.3, 0.4) is 0 Å². The summed E-state index contributed by atoms with van der Waals surface area (Å²) in [6.07, 6.45) is 0. The molecule has 0 atom stereocenters. The Labute approximate surface area is 108 Å². The van der Waals surface area contributed by atoms with Gasteiger partial charge in [-0.3, -0.25) is 0 Å². The third-order valence-corrected chi connectivity index (χ3v) is 2.50. The molecular formula is C11H11ClFN5. The molecule has 0 bridgehead atoms. The van der Waals surface area contributed by atoms with Gasteiger partial charge in [-0.15, -0.1) is 0 Å². The largest absolute Gasteiger partial charge is 0.373 e. The van der Waals surface area contributed by atoms with Crippen LogP contribution in [-0.2, 0) is 0 Å². The number of hydrogen-bond donors (Lipinski definition) is 3. The number of nitrogens with one attached hydrogen (secondary N) is 2. The summed E-state index contributed by atoms with van der Waals surface area (Å²) >= 11 is 5.60. The lowest BCUT2D eigenvalue weighted by atomic mass is 10.3. The Morgan fingerprint density at radius 2 is 1.94 bits per heavy atom. The van der Waals surface area contributed by atoms with Crippen LogP contribution in [0.15, 0.2) is 24.3 Å². The van der Waals surface area contributed by atoms with Crippen LogP contribution in [0.4, 0.5) is 27.7 Å². The molecule has 0 radical (unpaired) electrons. The zero-order valence-corrected chi connectivity index (χ0v) is 10.3. The van der Waals surface area contributed by atoms with Gasteiger partial charge in [0.1, 0.15) is 17.5 Å². The van der Waals surface area contributed by atoms with Gasteiger partial charge in [-0.05, 0) is 18.2 Å². The van der Waals surface area contributed by atoms with Crippen molar-refractivity contribution in [1.29, 1.82) is 0 Å². The minimum atomic E-state index is -0.502. The Morgan fingerprint density at radius 1 is 1.22 bits per heavy atom. The summed E-state index contributed by atoms with van der Waals surface area (Å²) in [7, 11) is 1.72. The average Bonchev–Trinajstić information content (AvgIpc) is 2.33. The molecule has 0 amide bonds. The summed E-state index contributed by atoms with van der Waals surface area (Å²) in [6, 6.07) is 6.04. The van der Waals surface area contributed by atoms with Gasteiger partial charge >= 0.3 is 0 Å². The molecule has 0 saturated heterocycles. The Kier molecular flexibility index (Phi) is 3.47. The van der Waals surface area contributed by atoms with E-state index in [1.165, 1.54) is 12.1 Å². The van der Waals surface area contributed by atoms with E-state index in [0.29, 0.717) is 17.3 Å². The lowest BCUT2D eigenvalue weighted by Crippen LogP contribution is -2.03. The zero-order chi connectivity index (χ0) is 13.1. The normalized spacial score (nSPS) is 10.2. The first-order valence-electron chi connectivity index (χ1n) is 5.13. The molecule has 1 aromatic heterocycles. The van der Waals surface area contributed by atoms with Gasteiger partial charge in [0.05, 0.1) is 5.02 Å². The predicted molar refractivity (Wildman–Crippen MR) is 70.7 cm³/mol. The third kappa shape index (κ3) is 2.78. The van der Waals surface area contributed by atoms with E-state index in [2.05, 4.69) is 20.6 Å². The molecule has 0 aliphatic carbocycles. The molecule has 2 aromatic rings. The van der Waals surface area contributed by atoms with Crippen LogP contribution in [0, 0.1) is 5.82 Å². The van der Waals surface area contributed by atoms with Gasteiger partial charge in [0, 0.05) is 18.8 Å². The van der Waals surface area contributed by atoms with Gasteiger partial charge in [0.25, 0.3) is 0 Å². The first-order valence-corrected chi connectivity index (χ1v) is 5.50. The number of rotatable bonds is 3. The van der Waals surface area contributed by atoms with Crippen molar-refractivity contribution in [2.24, 2.45) is 0 Å². The number of nitrogen functional groups attached to an aromatic ring is 1. The van der Waals surface area contributed by atoms with Gasteiger partial charge in [-0.1, -0.05) is 11.6 Å². The monoisotopic (exact) mass is 267 g/mol. The molecule has 0 spiro atoms. The second kappa shape index (κ2) is 5.05. The van der Waals surface area contributed by atoms with Crippen LogP contribution in [-0.4, -0.2) is 17.0 Å². The van der Waals surface area contributed by atoms with E-state index < -0.39 is 5.82 Å². The van der Waals surface area contributed by atoms with E-state index in [1.807, 2.05) is 0 Å². The second-order valence-corrected chi connectivity index (χ2v) is 3.91. The quantitative estimate of drug-likeness (QED) is 0.797. The number of hydrogen-bond acceptors (Lipinski definition) is 5. The highest BCUT2D eigenvalue weighted by Gasteiger charge is 2.04. The van der Waals surface area contributed by atoms with Crippen molar-refractivity contribution in [3.05, 3.63) is 35.1 Å². The van der Waals surface area contributed by atoms with Gasteiger partial charge < -0.3 is 16.4 Å². The molecule has 0 aliphatic heterocycles. The van der Waals surface area contributed by atoms with Crippen LogP contribution < -0.4 is 16.4 Å². The van der Waals surface area contributed by atoms with Gasteiger partial charge in [-0.2, -0.15) is 9.97 Å². The zero-order valence-electron chi connectivity index (χ0n) is 9.54. The summed E-state index contributed by atoms with van der Waals surface area (Å²) < 4.78 is 13.3. The van der Waals surface area contributed by atoms with Crippen LogP contribution in [0.25, 0.3) is 0 Å². The summed E-state index contributed by atoms with van der Waals surface area (Å²) in [6.45, 7) is 0. The SMILES string of the molecule is CNc1cc(Nc2ccc(Cl)c(F)c2)nc(N)n1. The predicted octanol–water partition coefficient (Wildman–Crippen LogP) is 2.64. The van der Waals surface area contributed by atoms with Crippen molar-refractivity contribution >= 4 is 34.9 Å². The number of halogens is 2. The molecule has 0 saturated carbocycles. The standard InChI is InChI=1S/C11H11ClFN5/c1-15-9-5-10(18-11(14)17-9)16-6-2-3-7(12)8(13)4-6/h2-5H,1H3,(H4,14,15,16,17,18). The minimum absolute atomic E-state index is 0.0682. The van der Waals surface area contributed by atoms with E-state index >= 15 is 0 Å². The van der Waals surface area contributed by atoms with Crippen molar-refractivity contribution in [2.75, 3.05) is 23.4 Å². The first-order chi connectivity index (χ1) is 8.58. The summed E-state index contributed by atoms with van der Waals surface area (Å²) in [5.41, 5.74) is 6.07. The first kappa shape index (κ1) is 12.4. The molecule has 1 heterocycles. The summed E-state index contributed by atoms with van der Waals surface area (Å²) in [5, 5.41) is 5.83. The number of aromatic nitrogens is 2. The third-order valence-electron chi connectivity index (χ3n) is 2.19. The number of benzene rings is 1. The lowest BCUT2D eigenvalue weighted by molar-refractivity contribution is 0.629. The highest BCUT2D eigenvalue weighted by atomic mass is 35.5. The Balaban J connectivity index is 2.27. The van der Waals surface area contributed by atoms with Crippen LogP contribution in [0.1, 0.15) is 0 Å². The lowest BCUT2D eigenvalue weighted by Gasteiger charge is -2.08. The van der Waals surface area contributed by atoms with E-state index in [4.69, 9.17) is 17.3 Å². The second-order valence-electron chi connectivity index (χ2n) is 3.50. The van der Waals surface area contributed by atoms with Crippen molar-refractivity contribution in [1.82, 2.24) is 9.97 Å². The Hall–Kier alpha value is -2.08. The molecule has 94 valence electrons. The Morgan fingerprint density at radius 3 is 2.61 bits per heavy atom. The molecule has 0 fully saturated rings. The summed E-state index contributed by atoms with van der Waals surface area (Å²) in [4.78, 5) is 7.94. The van der Waals surface area contributed by atoms with Crippen molar-refractivity contribution < 1.29 is 4.39 Å². The molecule has 7 heteroatoms. The number of anilines is 4. The van der Waals surface area contributed by atoms with E-state index in [0.717, 1.165) is 0 Å². The van der Waals surface area contributed by atoms with Gasteiger partial charge in [0.2, 0.25) is 5.95 Å². The smallest absolute Gasteiger partial charge is 0.223 e. The fourth-order valence-corrected chi connectivity index (χ4v) is 1.50. The Bertz CT molecular complexity index is 575. The maximum atomic E-state index is 13.3. The fourth-order valence-electron chi connectivity index (χ4n) is 1.38. The average molecular weight is 268 g/mol. The molecule has 4 N–H and O–H groups in total. The minimum Gasteiger partial charge on any atom is -0.373 e. The summed E-state index contributed by atoms with van der Waals surface area (Å²) in [5.74, 6) is 0.657. The maximum absolute atomic E-state index is 13.3. The fraction of sp³-hybridized carbons (Fsp3) is 0.0909. The molecule has 2 rings (SSSR count). The topological polar surface area (TPSA) is 75.9 Å². The molecular weight excluding hydrogens is 257 g/mol. The van der Waals surface area contributed by atoms with Crippen LogP contribution in [0.5, 0.6) is 0 Å². The van der Waals surface area contributed by atoms with Crippen LogP contribution >= 0.6 is 11.6 Å². The molecule has 1 aromatic carbocycles. The molecule has 18 heavy (non-hydrogen) atoms.